The quantitative estimate of drug-likeness (QED) is 0.548. The van der Waals surface area contributed by atoms with Crippen LogP contribution in [0.4, 0.5) is 0 Å². The lowest BCUT2D eigenvalue weighted by Gasteiger charge is -2.34. The lowest BCUT2D eigenvalue weighted by atomic mass is 10.2. The fraction of sp³-hybridized carbons (Fsp3) is 0.304. The monoisotopic (exact) mass is 503 g/mol. The molecule has 0 radical (unpaired) electrons. The molecule has 0 saturated carbocycles. The highest BCUT2D eigenvalue weighted by atomic mass is 35.5. The van der Waals surface area contributed by atoms with E-state index in [4.69, 9.17) is 23.2 Å². The molecule has 4 rings (SSSR count). The number of aryl methyl sites for hydroxylation is 1. The van der Waals surface area contributed by atoms with Crippen molar-refractivity contribution < 1.29 is 9.59 Å². The summed E-state index contributed by atoms with van der Waals surface area (Å²) in [6.45, 7) is 5.59. The van der Waals surface area contributed by atoms with Crippen molar-refractivity contribution in [1.29, 1.82) is 0 Å². The molecule has 1 saturated heterocycles. The number of thiazole rings is 1. The van der Waals surface area contributed by atoms with Crippen LogP contribution in [0, 0.1) is 6.92 Å². The van der Waals surface area contributed by atoms with Crippen LogP contribution in [0.1, 0.15) is 36.4 Å². The van der Waals surface area contributed by atoms with Gasteiger partial charge in [0.25, 0.3) is 11.8 Å². The van der Waals surface area contributed by atoms with Gasteiger partial charge in [-0.3, -0.25) is 14.5 Å². The Morgan fingerprint density at radius 2 is 1.91 bits per heavy atom. The van der Waals surface area contributed by atoms with Gasteiger partial charge in [0, 0.05) is 48.5 Å². The summed E-state index contributed by atoms with van der Waals surface area (Å²) in [6.07, 6.45) is 1.60. The lowest BCUT2D eigenvalue weighted by Crippen LogP contribution is -2.48. The van der Waals surface area contributed by atoms with E-state index in [2.05, 4.69) is 20.2 Å². The molecule has 1 aliphatic rings. The second-order valence-electron chi connectivity index (χ2n) is 7.77. The Morgan fingerprint density at radius 3 is 2.64 bits per heavy atom. The molecule has 10 heteroatoms. The highest BCUT2D eigenvalue weighted by Gasteiger charge is 2.24. The first-order valence-corrected chi connectivity index (χ1v) is 12.1. The van der Waals surface area contributed by atoms with Gasteiger partial charge in [-0.2, -0.15) is 0 Å². The summed E-state index contributed by atoms with van der Waals surface area (Å²) in [5, 5.41) is 4.81. The molecule has 0 bridgehead atoms. The van der Waals surface area contributed by atoms with E-state index in [1.54, 1.807) is 30.5 Å². The number of halogens is 2. The number of hydrogen-bond acceptors (Lipinski definition) is 6. The molecular formula is C23H23Cl2N5O2S. The molecule has 1 fully saturated rings. The van der Waals surface area contributed by atoms with E-state index in [9.17, 15) is 9.59 Å². The van der Waals surface area contributed by atoms with Crippen LogP contribution >= 0.6 is 34.5 Å². The van der Waals surface area contributed by atoms with Crippen molar-refractivity contribution in [2.75, 3.05) is 26.2 Å². The average molecular weight is 504 g/mol. The number of benzene rings is 1. The fourth-order valence-corrected chi connectivity index (χ4v) is 4.89. The number of carbonyl (C=O) groups excluding carboxylic acids is 2. The molecule has 0 spiro atoms. The second kappa shape index (κ2) is 10.6. The normalized spacial score (nSPS) is 14.3. The third-order valence-corrected chi connectivity index (χ3v) is 6.93. The van der Waals surface area contributed by atoms with Crippen LogP contribution in [0.5, 0.6) is 0 Å². The number of aromatic nitrogens is 2. The smallest absolute Gasteiger partial charge is 0.272 e. The van der Waals surface area contributed by atoms with E-state index in [1.165, 1.54) is 11.3 Å². The number of nitrogens with zero attached hydrogens (tertiary/aromatic N) is 4. The van der Waals surface area contributed by atoms with Crippen LogP contribution in [0.3, 0.4) is 0 Å². The third-order valence-electron chi connectivity index (χ3n) is 5.36. The predicted octanol–water partition coefficient (Wildman–Crippen LogP) is 4.04. The zero-order valence-electron chi connectivity index (χ0n) is 18.1. The summed E-state index contributed by atoms with van der Waals surface area (Å²) in [6, 6.07) is 10.7. The van der Waals surface area contributed by atoms with E-state index in [1.807, 2.05) is 24.0 Å². The van der Waals surface area contributed by atoms with Gasteiger partial charge in [-0.1, -0.05) is 35.3 Å². The maximum Gasteiger partial charge on any atom is 0.272 e. The SMILES string of the molecule is Cc1cccc(C(=O)N2CCN(Cc3ncc(C(=O)NCc4ccc(Cl)cc4Cl)s3)CC2)n1. The zero-order chi connectivity index (χ0) is 23.4. The maximum absolute atomic E-state index is 12.7. The third kappa shape index (κ3) is 6.09. The van der Waals surface area contributed by atoms with Crippen LogP contribution < -0.4 is 5.32 Å². The number of nitrogens with one attached hydrogen (secondary N) is 1. The molecule has 7 nitrogen and oxygen atoms in total. The number of pyridine rings is 1. The van der Waals surface area contributed by atoms with Crippen LogP contribution in [-0.4, -0.2) is 57.8 Å². The molecule has 2 aromatic heterocycles. The average Bonchev–Trinajstić information content (AvgIpc) is 3.27. The second-order valence-corrected chi connectivity index (χ2v) is 9.73. The van der Waals surface area contributed by atoms with Gasteiger partial charge >= 0.3 is 0 Å². The van der Waals surface area contributed by atoms with E-state index < -0.39 is 0 Å². The summed E-state index contributed by atoms with van der Waals surface area (Å²) < 4.78 is 0. The largest absolute Gasteiger partial charge is 0.347 e. The molecule has 1 N–H and O–H groups in total. The highest BCUT2D eigenvalue weighted by Crippen LogP contribution is 2.21. The maximum atomic E-state index is 12.7. The number of amides is 2. The molecule has 2 amide bonds. The van der Waals surface area contributed by atoms with Crippen LogP contribution in [0.25, 0.3) is 0 Å². The Bertz CT molecular complexity index is 1160. The summed E-state index contributed by atoms with van der Waals surface area (Å²) in [4.78, 5) is 38.5. The molecule has 172 valence electrons. The molecule has 1 aliphatic heterocycles. The summed E-state index contributed by atoms with van der Waals surface area (Å²) >= 11 is 13.4. The topological polar surface area (TPSA) is 78.4 Å². The van der Waals surface area contributed by atoms with Gasteiger partial charge in [0.1, 0.15) is 15.6 Å². The van der Waals surface area contributed by atoms with Crippen molar-refractivity contribution in [1.82, 2.24) is 25.1 Å². The van der Waals surface area contributed by atoms with Crippen molar-refractivity contribution in [3.63, 3.8) is 0 Å². The number of hydrogen-bond donors (Lipinski definition) is 1. The molecule has 0 aliphatic carbocycles. The summed E-state index contributed by atoms with van der Waals surface area (Å²) in [5.41, 5.74) is 2.12. The van der Waals surface area contributed by atoms with Crippen molar-refractivity contribution in [3.05, 3.63) is 79.5 Å². The van der Waals surface area contributed by atoms with Crippen molar-refractivity contribution >= 4 is 46.4 Å². The molecule has 0 unspecified atom stereocenters. The Morgan fingerprint density at radius 1 is 1.12 bits per heavy atom. The molecule has 3 aromatic rings. The standard InChI is InChI=1S/C23H23Cl2N5O2S/c1-15-3-2-4-19(28-15)23(32)30-9-7-29(8-10-30)14-21-26-13-20(33-21)22(31)27-12-16-5-6-17(24)11-18(16)25/h2-6,11,13H,7-10,12,14H2,1H3,(H,27,31). The minimum absolute atomic E-state index is 0.0349. The van der Waals surface area contributed by atoms with Crippen molar-refractivity contribution in [2.45, 2.75) is 20.0 Å². The van der Waals surface area contributed by atoms with Crippen LogP contribution in [-0.2, 0) is 13.1 Å². The van der Waals surface area contributed by atoms with Gasteiger partial charge in [-0.05, 0) is 36.8 Å². The first-order valence-electron chi connectivity index (χ1n) is 10.5. The molecule has 0 atom stereocenters. The van der Waals surface area contributed by atoms with E-state index in [0.29, 0.717) is 46.8 Å². The molecular weight excluding hydrogens is 481 g/mol. The van der Waals surface area contributed by atoms with Crippen molar-refractivity contribution in [2.24, 2.45) is 0 Å². The van der Waals surface area contributed by atoms with Gasteiger partial charge in [-0.25, -0.2) is 9.97 Å². The van der Waals surface area contributed by atoms with Gasteiger partial charge in [0.05, 0.1) is 12.7 Å². The number of carbonyl (C=O) groups is 2. The van der Waals surface area contributed by atoms with E-state index in [-0.39, 0.29) is 11.8 Å². The first-order chi connectivity index (χ1) is 15.9. The van der Waals surface area contributed by atoms with Gasteiger partial charge < -0.3 is 10.2 Å². The fourth-order valence-electron chi connectivity index (χ4n) is 3.54. The van der Waals surface area contributed by atoms with Gasteiger partial charge in [0.15, 0.2) is 0 Å². The minimum atomic E-state index is -0.189. The predicted molar refractivity (Wildman–Crippen MR) is 130 cm³/mol. The van der Waals surface area contributed by atoms with Crippen molar-refractivity contribution in [3.8, 4) is 0 Å². The number of rotatable bonds is 6. The highest BCUT2D eigenvalue weighted by molar-refractivity contribution is 7.13. The van der Waals surface area contributed by atoms with E-state index in [0.717, 1.165) is 29.4 Å². The Balaban J connectivity index is 1.26. The Hall–Kier alpha value is -2.52. The molecule has 33 heavy (non-hydrogen) atoms. The van der Waals surface area contributed by atoms with Gasteiger partial charge in [0.2, 0.25) is 0 Å². The van der Waals surface area contributed by atoms with Gasteiger partial charge in [-0.15, -0.1) is 11.3 Å². The number of piperazine rings is 1. The Labute approximate surface area is 206 Å². The Kier molecular flexibility index (Phi) is 7.60. The minimum Gasteiger partial charge on any atom is -0.347 e. The first kappa shape index (κ1) is 23.6. The summed E-state index contributed by atoms with van der Waals surface area (Å²) in [7, 11) is 0. The van der Waals surface area contributed by atoms with E-state index >= 15 is 0 Å². The van der Waals surface area contributed by atoms with Crippen LogP contribution in [0.15, 0.2) is 42.6 Å². The van der Waals surface area contributed by atoms with Crippen LogP contribution in [0.2, 0.25) is 10.0 Å². The zero-order valence-corrected chi connectivity index (χ0v) is 20.4. The molecule has 3 heterocycles. The lowest BCUT2D eigenvalue weighted by molar-refractivity contribution is 0.0622. The molecule has 1 aromatic carbocycles. The summed E-state index contributed by atoms with van der Waals surface area (Å²) in [5.74, 6) is -0.224.